The molecule has 2 aliphatic rings. The number of halogens is 2. The van der Waals surface area contributed by atoms with Crippen molar-refractivity contribution in [3.05, 3.63) is 72.5 Å². The van der Waals surface area contributed by atoms with Gasteiger partial charge in [-0.05, 0) is 61.9 Å². The van der Waals surface area contributed by atoms with Crippen LogP contribution in [-0.2, 0) is 25.9 Å². The van der Waals surface area contributed by atoms with Gasteiger partial charge in [-0.1, -0.05) is 29.3 Å². The fourth-order valence-corrected chi connectivity index (χ4v) is 4.87. The summed E-state index contributed by atoms with van der Waals surface area (Å²) in [6, 6.07) is 7.87. The van der Waals surface area contributed by atoms with Crippen LogP contribution in [0.3, 0.4) is 0 Å². The van der Waals surface area contributed by atoms with Crippen LogP contribution in [0.25, 0.3) is 11.0 Å². The quantitative estimate of drug-likeness (QED) is 0.494. The molecular weight excluding hydrogens is 409 g/mol. The molecule has 2 heterocycles. The molecular formula is C23H21Cl2NO3. The van der Waals surface area contributed by atoms with E-state index in [9.17, 15) is 4.79 Å². The molecule has 1 aromatic heterocycles. The Hall–Kier alpha value is -2.01. The van der Waals surface area contributed by atoms with Crippen molar-refractivity contribution >= 4 is 34.2 Å². The van der Waals surface area contributed by atoms with Gasteiger partial charge < -0.3 is 9.15 Å². The third kappa shape index (κ3) is 3.33. The molecule has 0 saturated carbocycles. The Morgan fingerprint density at radius 3 is 2.66 bits per heavy atom. The first-order valence-electron chi connectivity index (χ1n) is 9.91. The van der Waals surface area contributed by atoms with Gasteiger partial charge in [-0.3, -0.25) is 4.90 Å². The second-order valence-corrected chi connectivity index (χ2v) is 8.74. The average Bonchev–Trinajstić information content (AvgIpc) is 2.72. The molecule has 0 fully saturated rings. The number of fused-ring (bicyclic) bond motifs is 4. The van der Waals surface area contributed by atoms with Gasteiger partial charge in [0.2, 0.25) is 0 Å². The topological polar surface area (TPSA) is 42.7 Å². The maximum atomic E-state index is 12.5. The van der Waals surface area contributed by atoms with E-state index < -0.39 is 0 Å². The lowest BCUT2D eigenvalue weighted by Crippen LogP contribution is -2.32. The van der Waals surface area contributed by atoms with E-state index in [1.165, 1.54) is 0 Å². The van der Waals surface area contributed by atoms with Crippen LogP contribution >= 0.6 is 23.2 Å². The maximum absolute atomic E-state index is 12.5. The monoisotopic (exact) mass is 429 g/mol. The Morgan fingerprint density at radius 1 is 1.07 bits per heavy atom. The molecule has 3 aromatic rings. The predicted molar refractivity (Wildman–Crippen MR) is 115 cm³/mol. The van der Waals surface area contributed by atoms with E-state index in [2.05, 4.69) is 11.0 Å². The van der Waals surface area contributed by atoms with Crippen LogP contribution in [0.15, 0.2) is 33.5 Å². The summed E-state index contributed by atoms with van der Waals surface area (Å²) in [5.41, 5.74) is 5.63. The van der Waals surface area contributed by atoms with E-state index in [0.717, 1.165) is 77.7 Å². The molecule has 4 nitrogen and oxygen atoms in total. The van der Waals surface area contributed by atoms with E-state index in [-0.39, 0.29) is 5.63 Å². The molecule has 0 unspecified atom stereocenters. The Balaban J connectivity index is 1.53. The van der Waals surface area contributed by atoms with Crippen molar-refractivity contribution in [1.29, 1.82) is 0 Å². The standard InChI is InChI=1S/C23H21Cl2NO3/c1-13-21-15(9-18-16-4-2-3-5-17(16)23(27)29-22(13)18)11-26(12-28-21)10-14-6-7-19(24)20(25)8-14/h6-9H,2-5,10-12H2,1H3. The number of hydrogen-bond donors (Lipinski definition) is 0. The third-order valence-corrected chi connectivity index (χ3v) is 6.68. The summed E-state index contributed by atoms with van der Waals surface area (Å²) < 4.78 is 11.8. The van der Waals surface area contributed by atoms with Crippen LogP contribution in [0, 0.1) is 6.92 Å². The largest absolute Gasteiger partial charge is 0.477 e. The normalized spacial score (nSPS) is 16.4. The molecule has 2 aromatic carbocycles. The molecule has 0 spiro atoms. The Kier molecular flexibility index (Phi) is 4.81. The summed E-state index contributed by atoms with van der Waals surface area (Å²) in [5, 5.41) is 2.19. The molecule has 1 aliphatic carbocycles. The summed E-state index contributed by atoms with van der Waals surface area (Å²) >= 11 is 12.2. The molecule has 0 saturated heterocycles. The van der Waals surface area contributed by atoms with Gasteiger partial charge in [0.05, 0.1) is 10.0 Å². The van der Waals surface area contributed by atoms with E-state index in [0.29, 0.717) is 22.4 Å². The summed E-state index contributed by atoms with van der Waals surface area (Å²) in [5.74, 6) is 0.835. The second-order valence-electron chi connectivity index (χ2n) is 7.93. The van der Waals surface area contributed by atoms with Crippen molar-refractivity contribution in [2.24, 2.45) is 0 Å². The van der Waals surface area contributed by atoms with Gasteiger partial charge in [-0.25, -0.2) is 4.79 Å². The summed E-state index contributed by atoms with van der Waals surface area (Å²) in [6.07, 6.45) is 3.91. The number of rotatable bonds is 2. The lowest BCUT2D eigenvalue weighted by Gasteiger charge is -2.31. The minimum absolute atomic E-state index is 0.188. The number of hydrogen-bond acceptors (Lipinski definition) is 4. The highest BCUT2D eigenvalue weighted by atomic mass is 35.5. The number of nitrogens with zero attached hydrogens (tertiary/aromatic N) is 1. The molecule has 0 atom stereocenters. The van der Waals surface area contributed by atoms with Crippen molar-refractivity contribution in [2.75, 3.05) is 6.73 Å². The van der Waals surface area contributed by atoms with Crippen molar-refractivity contribution < 1.29 is 9.15 Å². The van der Waals surface area contributed by atoms with Gasteiger partial charge in [-0.2, -0.15) is 0 Å². The first-order chi connectivity index (χ1) is 14.0. The molecule has 0 N–H and O–H groups in total. The average molecular weight is 430 g/mol. The van der Waals surface area contributed by atoms with E-state index in [4.69, 9.17) is 32.4 Å². The Bertz CT molecular complexity index is 1190. The lowest BCUT2D eigenvalue weighted by atomic mass is 9.89. The van der Waals surface area contributed by atoms with E-state index >= 15 is 0 Å². The first-order valence-corrected chi connectivity index (χ1v) is 10.7. The summed E-state index contributed by atoms with van der Waals surface area (Å²) in [7, 11) is 0. The van der Waals surface area contributed by atoms with Gasteiger partial charge >= 0.3 is 5.63 Å². The zero-order chi connectivity index (χ0) is 20.1. The fraction of sp³-hybridized carbons (Fsp3) is 0.348. The number of ether oxygens (including phenoxy) is 1. The number of aryl methyl sites for hydroxylation is 2. The van der Waals surface area contributed by atoms with Crippen LogP contribution in [0.4, 0.5) is 0 Å². The van der Waals surface area contributed by atoms with Crippen LogP contribution in [0.2, 0.25) is 10.0 Å². The van der Waals surface area contributed by atoms with Gasteiger partial charge in [0.15, 0.2) is 0 Å². The van der Waals surface area contributed by atoms with Crippen molar-refractivity contribution in [3.8, 4) is 5.75 Å². The smallest absolute Gasteiger partial charge is 0.339 e. The van der Waals surface area contributed by atoms with Crippen molar-refractivity contribution in [1.82, 2.24) is 4.90 Å². The zero-order valence-corrected chi connectivity index (χ0v) is 17.7. The van der Waals surface area contributed by atoms with Crippen LogP contribution in [0.5, 0.6) is 5.75 Å². The van der Waals surface area contributed by atoms with E-state index in [1.54, 1.807) is 0 Å². The minimum atomic E-state index is -0.188. The fourth-order valence-electron chi connectivity index (χ4n) is 4.55. The highest BCUT2D eigenvalue weighted by molar-refractivity contribution is 6.42. The van der Waals surface area contributed by atoms with Crippen LogP contribution < -0.4 is 10.4 Å². The summed E-state index contributed by atoms with van der Waals surface area (Å²) in [6.45, 7) is 3.93. The van der Waals surface area contributed by atoms with Gasteiger partial charge in [0.1, 0.15) is 18.1 Å². The molecule has 0 amide bonds. The zero-order valence-electron chi connectivity index (χ0n) is 16.2. The van der Waals surface area contributed by atoms with Gasteiger partial charge in [0, 0.05) is 35.2 Å². The molecule has 5 rings (SSSR count). The predicted octanol–water partition coefficient (Wildman–Crippen LogP) is 5.64. The molecule has 0 radical (unpaired) electrons. The minimum Gasteiger partial charge on any atom is -0.477 e. The molecule has 6 heteroatoms. The third-order valence-electron chi connectivity index (χ3n) is 5.95. The molecule has 29 heavy (non-hydrogen) atoms. The molecule has 150 valence electrons. The SMILES string of the molecule is Cc1c2c(cc3c4c(c(=O)oc13)CCCC4)CN(Cc1ccc(Cl)c(Cl)c1)CO2. The number of benzene rings is 2. The van der Waals surface area contributed by atoms with Crippen molar-refractivity contribution in [2.45, 2.75) is 45.7 Å². The first kappa shape index (κ1) is 19.0. The van der Waals surface area contributed by atoms with E-state index in [1.807, 2.05) is 25.1 Å². The highest BCUT2D eigenvalue weighted by Gasteiger charge is 2.25. The van der Waals surface area contributed by atoms with Gasteiger partial charge in [0.25, 0.3) is 0 Å². The second kappa shape index (κ2) is 7.35. The highest BCUT2D eigenvalue weighted by Crippen LogP contribution is 2.38. The summed E-state index contributed by atoms with van der Waals surface area (Å²) in [4.78, 5) is 14.7. The van der Waals surface area contributed by atoms with Crippen LogP contribution in [-0.4, -0.2) is 11.6 Å². The molecule has 1 aliphatic heterocycles. The Labute approximate surface area is 179 Å². The Morgan fingerprint density at radius 2 is 1.86 bits per heavy atom. The maximum Gasteiger partial charge on any atom is 0.339 e. The molecule has 0 bridgehead atoms. The van der Waals surface area contributed by atoms with Crippen molar-refractivity contribution in [3.63, 3.8) is 0 Å². The van der Waals surface area contributed by atoms with Crippen LogP contribution in [0.1, 0.15) is 40.7 Å². The van der Waals surface area contributed by atoms with Gasteiger partial charge in [-0.15, -0.1) is 0 Å². The lowest BCUT2D eigenvalue weighted by molar-refractivity contribution is 0.0881.